The van der Waals surface area contributed by atoms with Gasteiger partial charge in [-0.1, -0.05) is 0 Å². The van der Waals surface area contributed by atoms with E-state index in [1.165, 1.54) is 6.92 Å². The molecule has 0 saturated carbocycles. The third kappa shape index (κ3) is 4.09. The molecule has 0 aliphatic rings. The van der Waals surface area contributed by atoms with Crippen LogP contribution in [0.3, 0.4) is 0 Å². The zero-order valence-electron chi connectivity index (χ0n) is 6.77. The molecule has 10 heavy (non-hydrogen) atoms. The second-order valence-corrected chi connectivity index (χ2v) is 5.11. The maximum Gasteiger partial charge on any atom is 0.189 e. The van der Waals surface area contributed by atoms with E-state index >= 15 is 0 Å². The molecule has 0 aliphatic heterocycles. The SMILES string of the molecule is CC(F)N[S@+]([O-])C(C)(C)C. The van der Waals surface area contributed by atoms with Crippen LogP contribution in [0, 0.1) is 0 Å². The molecule has 62 valence electrons. The first-order valence-corrected chi connectivity index (χ1v) is 4.31. The quantitative estimate of drug-likeness (QED) is 0.497. The molecule has 1 unspecified atom stereocenters. The molecule has 0 fully saturated rings. The Bertz CT molecular complexity index is 102. The van der Waals surface area contributed by atoms with Gasteiger partial charge in [-0.2, -0.15) is 0 Å². The minimum Gasteiger partial charge on any atom is -0.598 e. The van der Waals surface area contributed by atoms with Gasteiger partial charge in [0.1, 0.15) is 4.75 Å². The molecule has 0 bridgehead atoms. The Balaban J connectivity index is 3.73. The van der Waals surface area contributed by atoms with E-state index in [2.05, 4.69) is 4.72 Å². The van der Waals surface area contributed by atoms with Crippen LogP contribution >= 0.6 is 0 Å². The fraction of sp³-hybridized carbons (Fsp3) is 1.00. The van der Waals surface area contributed by atoms with Crippen molar-refractivity contribution in [2.24, 2.45) is 0 Å². The lowest BCUT2D eigenvalue weighted by Crippen LogP contribution is -2.42. The summed E-state index contributed by atoms with van der Waals surface area (Å²) in [6.07, 6.45) is -1.21. The molecular formula is C6H14FNOS. The monoisotopic (exact) mass is 167 g/mol. The van der Waals surface area contributed by atoms with Gasteiger partial charge in [-0.3, -0.25) is 0 Å². The second kappa shape index (κ2) is 3.55. The molecule has 1 N–H and O–H groups in total. The molecule has 0 spiro atoms. The van der Waals surface area contributed by atoms with E-state index in [0.717, 1.165) is 0 Å². The van der Waals surface area contributed by atoms with Crippen molar-refractivity contribution in [1.82, 2.24) is 4.72 Å². The Kier molecular flexibility index (Phi) is 3.62. The molecule has 0 aromatic rings. The van der Waals surface area contributed by atoms with E-state index < -0.39 is 17.7 Å². The zero-order valence-corrected chi connectivity index (χ0v) is 7.59. The first-order valence-electron chi connectivity index (χ1n) is 3.16. The summed E-state index contributed by atoms with van der Waals surface area (Å²) < 4.78 is 25.1. The minimum atomic E-state index is -1.29. The number of halogens is 1. The van der Waals surface area contributed by atoms with Crippen molar-refractivity contribution >= 4 is 11.4 Å². The van der Waals surface area contributed by atoms with Crippen molar-refractivity contribution in [3.63, 3.8) is 0 Å². The maximum atomic E-state index is 12.2. The van der Waals surface area contributed by atoms with Crippen LogP contribution in [0.25, 0.3) is 0 Å². The highest BCUT2D eigenvalue weighted by Gasteiger charge is 2.27. The van der Waals surface area contributed by atoms with Crippen LogP contribution in [0.15, 0.2) is 0 Å². The fourth-order valence-corrected chi connectivity index (χ4v) is 0.973. The Morgan fingerprint density at radius 2 is 1.90 bits per heavy atom. The second-order valence-electron chi connectivity index (χ2n) is 3.11. The van der Waals surface area contributed by atoms with Crippen LogP contribution in [0.5, 0.6) is 0 Å². The normalized spacial score (nSPS) is 18.6. The van der Waals surface area contributed by atoms with Gasteiger partial charge in [0.2, 0.25) is 0 Å². The first-order chi connectivity index (χ1) is 4.34. The highest BCUT2D eigenvalue weighted by Crippen LogP contribution is 2.13. The van der Waals surface area contributed by atoms with E-state index in [4.69, 9.17) is 0 Å². The molecule has 0 amide bonds. The van der Waals surface area contributed by atoms with Crippen molar-refractivity contribution < 1.29 is 8.94 Å². The molecule has 2 nitrogen and oxygen atoms in total. The van der Waals surface area contributed by atoms with E-state index in [1.54, 1.807) is 20.8 Å². The number of alkyl halides is 1. The van der Waals surface area contributed by atoms with Gasteiger partial charge in [0.15, 0.2) is 6.30 Å². The topological polar surface area (TPSA) is 35.1 Å². The van der Waals surface area contributed by atoms with E-state index in [1.807, 2.05) is 0 Å². The molecule has 0 aliphatic carbocycles. The molecule has 0 saturated heterocycles. The highest BCUT2D eigenvalue weighted by atomic mass is 32.2. The lowest BCUT2D eigenvalue weighted by atomic mass is 10.3. The number of nitrogens with one attached hydrogen (secondary N) is 1. The summed E-state index contributed by atoms with van der Waals surface area (Å²) in [6, 6.07) is 0. The van der Waals surface area contributed by atoms with Crippen LogP contribution in [-0.2, 0) is 11.4 Å². The van der Waals surface area contributed by atoms with E-state index in [-0.39, 0.29) is 4.75 Å². The van der Waals surface area contributed by atoms with Gasteiger partial charge in [0.25, 0.3) is 0 Å². The minimum absolute atomic E-state index is 0.389. The Labute approximate surface area is 64.5 Å². The predicted molar refractivity (Wildman–Crippen MR) is 41.6 cm³/mol. The summed E-state index contributed by atoms with van der Waals surface area (Å²) in [5, 5.41) is 0. The van der Waals surface area contributed by atoms with Gasteiger partial charge in [0, 0.05) is 11.4 Å². The number of rotatable bonds is 2. The van der Waals surface area contributed by atoms with Crippen molar-refractivity contribution in [2.45, 2.75) is 38.7 Å². The van der Waals surface area contributed by atoms with Crippen LogP contribution in [0.1, 0.15) is 27.7 Å². The van der Waals surface area contributed by atoms with E-state index in [0.29, 0.717) is 0 Å². The third-order valence-electron chi connectivity index (χ3n) is 0.826. The molecule has 0 rings (SSSR count). The predicted octanol–water partition coefficient (Wildman–Crippen LogP) is 1.35. The molecule has 0 aromatic carbocycles. The largest absolute Gasteiger partial charge is 0.598 e. The van der Waals surface area contributed by atoms with Gasteiger partial charge in [-0.15, -0.1) is 4.72 Å². The van der Waals surface area contributed by atoms with Crippen LogP contribution < -0.4 is 4.72 Å². The van der Waals surface area contributed by atoms with Gasteiger partial charge in [0.05, 0.1) is 0 Å². The third-order valence-corrected chi connectivity index (χ3v) is 2.48. The average Bonchev–Trinajstić information content (AvgIpc) is 1.60. The molecule has 0 heterocycles. The van der Waals surface area contributed by atoms with Gasteiger partial charge < -0.3 is 4.55 Å². The summed E-state index contributed by atoms with van der Waals surface area (Å²) in [7, 11) is 0. The number of hydrogen-bond donors (Lipinski definition) is 1. The summed E-state index contributed by atoms with van der Waals surface area (Å²) in [5.41, 5.74) is 0. The molecule has 0 radical (unpaired) electrons. The highest BCUT2D eigenvalue weighted by molar-refractivity contribution is 7.90. The standard InChI is InChI=1S/C6H14FNOS/c1-5(7)8-10(9)6(2,3)4/h5,8H,1-4H3/t5?,10-/m1/s1. The van der Waals surface area contributed by atoms with Crippen molar-refractivity contribution in [3.8, 4) is 0 Å². The maximum absolute atomic E-state index is 12.2. The van der Waals surface area contributed by atoms with Crippen molar-refractivity contribution in [1.29, 1.82) is 0 Å². The van der Waals surface area contributed by atoms with Crippen LogP contribution in [0.4, 0.5) is 4.39 Å². The Hall–Kier alpha value is 0.200. The molecular weight excluding hydrogens is 153 g/mol. The summed E-state index contributed by atoms with van der Waals surface area (Å²) in [4.78, 5) is 0. The smallest absolute Gasteiger partial charge is 0.189 e. The van der Waals surface area contributed by atoms with Gasteiger partial charge >= 0.3 is 0 Å². The molecule has 4 heteroatoms. The lowest BCUT2D eigenvalue weighted by Gasteiger charge is -2.23. The van der Waals surface area contributed by atoms with Gasteiger partial charge in [-0.25, -0.2) is 4.39 Å². The first kappa shape index (κ1) is 10.2. The lowest BCUT2D eigenvalue weighted by molar-refractivity contribution is 0.338. The number of hydrogen-bond acceptors (Lipinski definition) is 2. The van der Waals surface area contributed by atoms with Crippen LogP contribution in [-0.4, -0.2) is 15.6 Å². The van der Waals surface area contributed by atoms with Gasteiger partial charge in [-0.05, 0) is 27.7 Å². The molecule has 0 aromatic heterocycles. The summed E-state index contributed by atoms with van der Waals surface area (Å²) in [6.45, 7) is 6.69. The fourth-order valence-electron chi connectivity index (χ4n) is 0.324. The Morgan fingerprint density at radius 1 is 1.50 bits per heavy atom. The summed E-state index contributed by atoms with van der Waals surface area (Å²) >= 11 is -1.29. The average molecular weight is 167 g/mol. The van der Waals surface area contributed by atoms with Crippen molar-refractivity contribution in [2.75, 3.05) is 0 Å². The van der Waals surface area contributed by atoms with Crippen LogP contribution in [0.2, 0.25) is 0 Å². The Morgan fingerprint density at radius 3 is 2.00 bits per heavy atom. The van der Waals surface area contributed by atoms with Crippen molar-refractivity contribution in [3.05, 3.63) is 0 Å². The zero-order chi connectivity index (χ0) is 8.36. The van der Waals surface area contributed by atoms with E-state index in [9.17, 15) is 8.94 Å². The molecule has 2 atom stereocenters. The summed E-state index contributed by atoms with van der Waals surface area (Å²) in [5.74, 6) is 0.